The lowest BCUT2D eigenvalue weighted by Gasteiger charge is -2.10. The van der Waals surface area contributed by atoms with Gasteiger partial charge in [-0.3, -0.25) is 20.2 Å². The van der Waals surface area contributed by atoms with Crippen LogP contribution in [-0.2, 0) is 4.74 Å². The largest absolute Gasteiger partial charge is 0.381 e. The van der Waals surface area contributed by atoms with Gasteiger partial charge in [0.25, 0.3) is 0 Å². The van der Waals surface area contributed by atoms with Gasteiger partial charge in [-0.25, -0.2) is 0 Å². The van der Waals surface area contributed by atoms with E-state index in [0.29, 0.717) is 12.8 Å². The molecule has 0 radical (unpaired) electrons. The van der Waals surface area contributed by atoms with E-state index in [4.69, 9.17) is 4.74 Å². The van der Waals surface area contributed by atoms with Gasteiger partial charge in [-0.1, -0.05) is 86.3 Å². The van der Waals surface area contributed by atoms with Gasteiger partial charge in [0.2, 0.25) is 12.1 Å². The van der Waals surface area contributed by atoms with Crippen molar-refractivity contribution in [2.45, 2.75) is 76.3 Å². The first kappa shape index (κ1) is 26.5. The molecule has 2 aromatic carbocycles. The van der Waals surface area contributed by atoms with Crippen LogP contribution in [0.3, 0.4) is 0 Å². The van der Waals surface area contributed by atoms with Crippen molar-refractivity contribution in [1.82, 2.24) is 0 Å². The summed E-state index contributed by atoms with van der Waals surface area (Å²) in [5.41, 5.74) is 1.56. The van der Waals surface area contributed by atoms with Gasteiger partial charge >= 0.3 is 0 Å². The van der Waals surface area contributed by atoms with Crippen LogP contribution in [0.5, 0.6) is 0 Å². The van der Waals surface area contributed by atoms with E-state index in [1.54, 1.807) is 0 Å². The lowest BCUT2D eigenvalue weighted by Crippen LogP contribution is -2.10. The first-order valence-electron chi connectivity index (χ1n) is 12.0. The van der Waals surface area contributed by atoms with E-state index >= 15 is 0 Å². The second kappa shape index (κ2) is 15.9. The summed E-state index contributed by atoms with van der Waals surface area (Å²) in [6.07, 6.45) is 8.73. The van der Waals surface area contributed by atoms with E-state index in [9.17, 15) is 20.2 Å². The SMILES string of the molecule is O=[N+]([O-])C(CCCCCCOCCCCCCC(c1ccccc1)[N+](=O)[O-])c1ccccc1. The summed E-state index contributed by atoms with van der Waals surface area (Å²) >= 11 is 0. The summed E-state index contributed by atoms with van der Waals surface area (Å²) in [6.45, 7) is 1.43. The molecule has 33 heavy (non-hydrogen) atoms. The summed E-state index contributed by atoms with van der Waals surface area (Å²) in [7, 11) is 0. The summed E-state index contributed by atoms with van der Waals surface area (Å²) in [5.74, 6) is 0. The second-order valence-electron chi connectivity index (χ2n) is 8.44. The second-order valence-corrected chi connectivity index (χ2v) is 8.44. The summed E-state index contributed by atoms with van der Waals surface area (Å²) in [5, 5.41) is 22.6. The third-order valence-corrected chi connectivity index (χ3v) is 5.91. The van der Waals surface area contributed by atoms with Gasteiger partial charge in [-0.15, -0.1) is 0 Å². The minimum Gasteiger partial charge on any atom is -0.381 e. The van der Waals surface area contributed by atoms with Crippen molar-refractivity contribution in [3.05, 3.63) is 92.0 Å². The van der Waals surface area contributed by atoms with Crippen molar-refractivity contribution < 1.29 is 14.6 Å². The van der Waals surface area contributed by atoms with E-state index in [1.165, 1.54) is 0 Å². The predicted octanol–water partition coefficient (Wildman–Crippen LogP) is 6.94. The number of rotatable bonds is 18. The maximum absolute atomic E-state index is 11.3. The highest BCUT2D eigenvalue weighted by Gasteiger charge is 2.22. The average Bonchev–Trinajstić information content (AvgIpc) is 2.82. The first-order chi connectivity index (χ1) is 16.1. The molecule has 0 heterocycles. The van der Waals surface area contributed by atoms with Crippen LogP contribution in [0.4, 0.5) is 0 Å². The molecular weight excluding hydrogens is 420 g/mol. The Balaban J connectivity index is 1.44. The molecule has 0 bridgehead atoms. The van der Waals surface area contributed by atoms with Crippen LogP contribution in [0.15, 0.2) is 60.7 Å². The summed E-state index contributed by atoms with van der Waals surface area (Å²) in [4.78, 5) is 22.3. The topological polar surface area (TPSA) is 95.5 Å². The van der Waals surface area contributed by atoms with Crippen LogP contribution in [0.25, 0.3) is 0 Å². The summed E-state index contributed by atoms with van der Waals surface area (Å²) in [6, 6.07) is 17.2. The minimum absolute atomic E-state index is 0.183. The molecule has 0 spiro atoms. The summed E-state index contributed by atoms with van der Waals surface area (Å²) < 4.78 is 5.69. The minimum atomic E-state index is -0.615. The highest BCUT2D eigenvalue weighted by Crippen LogP contribution is 2.24. The quantitative estimate of drug-likeness (QED) is 0.137. The molecule has 0 saturated heterocycles. The molecule has 2 unspecified atom stereocenters. The zero-order chi connectivity index (χ0) is 23.7. The monoisotopic (exact) mass is 456 g/mol. The van der Waals surface area contributed by atoms with Gasteiger partial charge < -0.3 is 4.74 Å². The molecule has 0 amide bonds. The van der Waals surface area contributed by atoms with Crippen LogP contribution in [-0.4, -0.2) is 23.1 Å². The molecule has 2 atom stereocenters. The molecule has 0 fully saturated rings. The Bertz CT molecular complexity index is 733. The Morgan fingerprint density at radius 1 is 0.576 bits per heavy atom. The zero-order valence-electron chi connectivity index (χ0n) is 19.3. The molecule has 0 N–H and O–H groups in total. The van der Waals surface area contributed by atoms with Crippen molar-refractivity contribution >= 4 is 0 Å². The molecule has 0 aromatic heterocycles. The highest BCUT2D eigenvalue weighted by molar-refractivity contribution is 5.18. The lowest BCUT2D eigenvalue weighted by atomic mass is 10.0. The number of unbranched alkanes of at least 4 members (excludes halogenated alkanes) is 6. The number of nitrogens with zero attached hydrogens (tertiary/aromatic N) is 2. The van der Waals surface area contributed by atoms with Crippen molar-refractivity contribution in [3.8, 4) is 0 Å². The van der Waals surface area contributed by atoms with Crippen LogP contribution in [0, 0.1) is 20.2 Å². The van der Waals surface area contributed by atoms with Gasteiger partial charge in [0.15, 0.2) is 0 Å². The van der Waals surface area contributed by atoms with E-state index < -0.39 is 12.1 Å². The normalized spacial score (nSPS) is 12.8. The zero-order valence-corrected chi connectivity index (χ0v) is 19.3. The van der Waals surface area contributed by atoms with Crippen LogP contribution >= 0.6 is 0 Å². The van der Waals surface area contributed by atoms with Gasteiger partial charge in [-0.2, -0.15) is 0 Å². The van der Waals surface area contributed by atoms with Crippen molar-refractivity contribution in [2.24, 2.45) is 0 Å². The maximum atomic E-state index is 11.3. The standard InChI is InChI=1S/C26H36N2O5/c29-27(30)25(23-15-7-5-8-16-23)19-11-1-3-13-21-33-22-14-4-2-12-20-26(28(31)32)24-17-9-6-10-18-24/h5-10,15-18,25-26H,1-4,11-14,19-22H2. The predicted molar refractivity (Wildman–Crippen MR) is 129 cm³/mol. The van der Waals surface area contributed by atoms with Gasteiger partial charge in [-0.05, 0) is 25.7 Å². The Morgan fingerprint density at radius 3 is 1.30 bits per heavy atom. The fourth-order valence-corrected chi connectivity index (χ4v) is 4.03. The Hall–Kier alpha value is -2.80. The average molecular weight is 457 g/mol. The fourth-order valence-electron chi connectivity index (χ4n) is 4.03. The van der Waals surface area contributed by atoms with Crippen LogP contribution in [0.1, 0.15) is 87.4 Å². The maximum Gasteiger partial charge on any atom is 0.238 e. The van der Waals surface area contributed by atoms with Gasteiger partial charge in [0, 0.05) is 47.0 Å². The van der Waals surface area contributed by atoms with Crippen LogP contribution < -0.4 is 0 Å². The van der Waals surface area contributed by atoms with E-state index in [1.807, 2.05) is 60.7 Å². The Kier molecular flexibility index (Phi) is 12.8. The lowest BCUT2D eigenvalue weighted by molar-refractivity contribution is -0.530. The molecule has 7 heteroatoms. The third kappa shape index (κ3) is 10.6. The number of hydrogen-bond acceptors (Lipinski definition) is 5. The molecule has 0 aliphatic heterocycles. The molecule has 0 aliphatic rings. The third-order valence-electron chi connectivity index (χ3n) is 5.91. The van der Waals surface area contributed by atoms with Crippen molar-refractivity contribution in [2.75, 3.05) is 13.2 Å². The first-order valence-corrected chi connectivity index (χ1v) is 12.0. The smallest absolute Gasteiger partial charge is 0.238 e. The molecule has 0 saturated carbocycles. The molecule has 2 aromatic rings. The number of hydrogen-bond donors (Lipinski definition) is 0. The van der Waals surface area contributed by atoms with E-state index in [-0.39, 0.29) is 9.85 Å². The van der Waals surface area contributed by atoms with Crippen LogP contribution in [0.2, 0.25) is 0 Å². The molecule has 2 rings (SSSR count). The Labute approximate surface area is 196 Å². The number of nitro groups is 2. The molecule has 0 aliphatic carbocycles. The van der Waals surface area contributed by atoms with Gasteiger partial charge in [0.05, 0.1) is 0 Å². The number of benzene rings is 2. The molecule has 7 nitrogen and oxygen atoms in total. The fraction of sp³-hybridized carbons (Fsp3) is 0.538. The van der Waals surface area contributed by atoms with E-state index in [2.05, 4.69) is 0 Å². The number of ether oxygens (including phenoxy) is 1. The van der Waals surface area contributed by atoms with Crippen molar-refractivity contribution in [3.63, 3.8) is 0 Å². The van der Waals surface area contributed by atoms with E-state index in [0.717, 1.165) is 75.7 Å². The Morgan fingerprint density at radius 2 is 0.939 bits per heavy atom. The molecular formula is C26H36N2O5. The van der Waals surface area contributed by atoms with Crippen molar-refractivity contribution in [1.29, 1.82) is 0 Å². The van der Waals surface area contributed by atoms with Gasteiger partial charge in [0.1, 0.15) is 0 Å². The highest BCUT2D eigenvalue weighted by atomic mass is 16.6. The molecule has 180 valence electrons.